The van der Waals surface area contributed by atoms with Crippen molar-refractivity contribution >= 4 is 40.8 Å². The number of ether oxygens (including phenoxy) is 1. The molecule has 5 nitrogen and oxygen atoms in total. The molecule has 1 unspecified atom stereocenters. The fourth-order valence-corrected chi connectivity index (χ4v) is 4.57. The van der Waals surface area contributed by atoms with Crippen LogP contribution in [0, 0.1) is 5.92 Å². The van der Waals surface area contributed by atoms with E-state index in [0.717, 1.165) is 11.2 Å². The Kier molecular flexibility index (Phi) is 5.11. The molecule has 1 aromatic carbocycles. The van der Waals surface area contributed by atoms with Crippen LogP contribution in [-0.2, 0) is 0 Å². The van der Waals surface area contributed by atoms with E-state index in [0.29, 0.717) is 34.9 Å². The van der Waals surface area contributed by atoms with Gasteiger partial charge in [-0.25, -0.2) is 0 Å². The summed E-state index contributed by atoms with van der Waals surface area (Å²) in [6.45, 7) is 9.50. The minimum Gasteiger partial charge on any atom is -0.488 e. The molecule has 5 rings (SSSR count). The monoisotopic (exact) mass is 385 g/mol. The number of fused-ring (bicyclic) bond motifs is 4. The molecule has 25 heavy (non-hydrogen) atoms. The second-order valence-corrected chi connectivity index (χ2v) is 7.72. The Morgan fingerprint density at radius 2 is 2.08 bits per heavy atom. The van der Waals surface area contributed by atoms with Crippen LogP contribution in [0.3, 0.4) is 0 Å². The van der Waals surface area contributed by atoms with E-state index < -0.39 is 0 Å². The summed E-state index contributed by atoms with van der Waals surface area (Å²) in [6, 6.07) is 4.16. The first kappa shape index (κ1) is 18.6. The second kappa shape index (κ2) is 6.86. The number of piperidine rings is 3. The van der Waals surface area contributed by atoms with E-state index >= 15 is 0 Å². The van der Waals surface area contributed by atoms with Gasteiger partial charge < -0.3 is 14.6 Å². The van der Waals surface area contributed by atoms with Gasteiger partial charge >= 0.3 is 0 Å². The van der Waals surface area contributed by atoms with Gasteiger partial charge in [0.25, 0.3) is 0 Å². The van der Waals surface area contributed by atoms with E-state index in [1.807, 2.05) is 19.1 Å². The molecule has 3 aliphatic rings. The summed E-state index contributed by atoms with van der Waals surface area (Å²) in [6.07, 6.45) is 2.49. The molecular formula is C18H25Cl2N3O2. The molecular weight excluding hydrogens is 361 g/mol. The van der Waals surface area contributed by atoms with Crippen molar-refractivity contribution in [3.8, 4) is 5.75 Å². The SMILES string of the molecule is CCOc1c(Cl)ccc2c(NC3C4CCN(CC4)C3(C)C)noc12.Cl. The van der Waals surface area contributed by atoms with E-state index in [-0.39, 0.29) is 17.9 Å². The first-order chi connectivity index (χ1) is 11.5. The Balaban J connectivity index is 0.00000182. The molecule has 138 valence electrons. The largest absolute Gasteiger partial charge is 0.488 e. The van der Waals surface area contributed by atoms with E-state index in [1.165, 1.54) is 25.9 Å². The van der Waals surface area contributed by atoms with Gasteiger partial charge in [0.1, 0.15) is 0 Å². The van der Waals surface area contributed by atoms with Crippen LogP contribution in [0.4, 0.5) is 5.82 Å². The molecule has 0 spiro atoms. The zero-order valence-corrected chi connectivity index (χ0v) is 16.4. The number of rotatable bonds is 4. The normalized spacial score (nSPS) is 27.1. The smallest absolute Gasteiger partial charge is 0.212 e. The summed E-state index contributed by atoms with van der Waals surface area (Å²) < 4.78 is 11.2. The summed E-state index contributed by atoms with van der Waals surface area (Å²) in [4.78, 5) is 2.58. The highest BCUT2D eigenvalue weighted by atomic mass is 35.5. The molecule has 3 aliphatic heterocycles. The number of nitrogens with one attached hydrogen (secondary N) is 1. The van der Waals surface area contributed by atoms with Crippen molar-refractivity contribution in [3.05, 3.63) is 17.2 Å². The number of anilines is 1. The lowest BCUT2D eigenvalue weighted by atomic mass is 9.72. The average molecular weight is 386 g/mol. The quantitative estimate of drug-likeness (QED) is 0.833. The molecule has 0 radical (unpaired) electrons. The topological polar surface area (TPSA) is 50.5 Å². The van der Waals surface area contributed by atoms with E-state index in [2.05, 4.69) is 29.2 Å². The van der Waals surface area contributed by atoms with Gasteiger partial charge in [-0.2, -0.15) is 0 Å². The molecule has 0 amide bonds. The highest BCUT2D eigenvalue weighted by Gasteiger charge is 2.47. The molecule has 7 heteroatoms. The Bertz CT molecular complexity index is 754. The maximum absolute atomic E-state index is 6.24. The van der Waals surface area contributed by atoms with Gasteiger partial charge in [0.15, 0.2) is 11.6 Å². The molecule has 0 saturated carbocycles. The molecule has 0 aliphatic carbocycles. The van der Waals surface area contributed by atoms with Crippen molar-refractivity contribution in [2.75, 3.05) is 25.0 Å². The fourth-order valence-electron chi connectivity index (χ4n) is 4.36. The van der Waals surface area contributed by atoms with Crippen LogP contribution in [0.1, 0.15) is 33.6 Å². The standard InChI is InChI=1S/C18H24ClN3O2.ClH/c1-4-23-15-13(19)6-5-12-14(15)24-21-17(12)20-16-11-7-9-22(10-8-11)18(16,2)3;/h5-6,11,16H,4,7-10H2,1-3H3,(H,20,21);1H. The van der Waals surface area contributed by atoms with Crippen molar-refractivity contribution in [1.29, 1.82) is 0 Å². The third-order valence-electron chi connectivity index (χ3n) is 5.72. The van der Waals surface area contributed by atoms with E-state index in [4.69, 9.17) is 20.9 Å². The van der Waals surface area contributed by atoms with Crippen molar-refractivity contribution in [2.24, 2.45) is 5.92 Å². The summed E-state index contributed by atoms with van der Waals surface area (Å²) in [5.41, 5.74) is 0.729. The number of aromatic nitrogens is 1. The summed E-state index contributed by atoms with van der Waals surface area (Å²) in [7, 11) is 0. The summed E-state index contributed by atoms with van der Waals surface area (Å²) >= 11 is 6.24. The van der Waals surface area contributed by atoms with Gasteiger partial charge in [-0.05, 0) is 64.8 Å². The summed E-state index contributed by atoms with van der Waals surface area (Å²) in [5, 5.41) is 9.43. The van der Waals surface area contributed by atoms with Crippen LogP contribution in [-0.4, -0.2) is 41.3 Å². The second-order valence-electron chi connectivity index (χ2n) is 7.32. The Morgan fingerprint density at radius 1 is 1.36 bits per heavy atom. The third-order valence-corrected chi connectivity index (χ3v) is 6.01. The lowest BCUT2D eigenvalue weighted by Gasteiger charge is -2.56. The van der Waals surface area contributed by atoms with E-state index in [1.54, 1.807) is 0 Å². The maximum Gasteiger partial charge on any atom is 0.212 e. The molecule has 2 bridgehead atoms. The van der Waals surface area contributed by atoms with Crippen LogP contribution in [0.25, 0.3) is 11.0 Å². The zero-order chi connectivity index (χ0) is 16.9. The number of nitrogens with zero attached hydrogens (tertiary/aromatic N) is 2. The number of hydrogen-bond donors (Lipinski definition) is 1. The van der Waals surface area contributed by atoms with Crippen molar-refractivity contribution in [3.63, 3.8) is 0 Å². The number of benzene rings is 1. The molecule has 1 aromatic heterocycles. The van der Waals surface area contributed by atoms with Crippen LogP contribution in [0.15, 0.2) is 16.7 Å². The predicted octanol–water partition coefficient (Wildman–Crippen LogP) is 4.59. The average Bonchev–Trinajstić information content (AvgIpc) is 2.97. The highest BCUT2D eigenvalue weighted by molar-refractivity contribution is 6.33. The van der Waals surface area contributed by atoms with Gasteiger partial charge in [-0.15, -0.1) is 12.4 Å². The Morgan fingerprint density at radius 3 is 2.72 bits per heavy atom. The van der Waals surface area contributed by atoms with Crippen molar-refractivity contribution in [2.45, 2.75) is 45.2 Å². The first-order valence-electron chi connectivity index (χ1n) is 8.74. The summed E-state index contributed by atoms with van der Waals surface area (Å²) in [5.74, 6) is 2.04. The lowest BCUT2D eigenvalue weighted by Crippen LogP contribution is -2.66. The molecule has 1 atom stereocenters. The first-order valence-corrected chi connectivity index (χ1v) is 9.12. The Labute approximate surface area is 159 Å². The van der Waals surface area contributed by atoms with Gasteiger partial charge in [0, 0.05) is 11.6 Å². The van der Waals surface area contributed by atoms with Crippen molar-refractivity contribution < 1.29 is 9.26 Å². The fraction of sp³-hybridized carbons (Fsp3) is 0.611. The highest BCUT2D eigenvalue weighted by Crippen LogP contribution is 2.42. The number of hydrogen-bond acceptors (Lipinski definition) is 5. The predicted molar refractivity (Wildman–Crippen MR) is 103 cm³/mol. The Hall–Kier alpha value is -1.17. The van der Waals surface area contributed by atoms with Gasteiger partial charge in [0.2, 0.25) is 5.58 Å². The van der Waals surface area contributed by atoms with Crippen LogP contribution >= 0.6 is 24.0 Å². The minimum atomic E-state index is 0. The van der Waals surface area contributed by atoms with Crippen LogP contribution < -0.4 is 10.1 Å². The molecule has 2 aromatic rings. The lowest BCUT2D eigenvalue weighted by molar-refractivity contribution is -0.0189. The molecule has 3 fully saturated rings. The van der Waals surface area contributed by atoms with Crippen LogP contribution in [0.2, 0.25) is 5.02 Å². The zero-order valence-electron chi connectivity index (χ0n) is 14.8. The van der Waals surface area contributed by atoms with Crippen LogP contribution in [0.5, 0.6) is 5.75 Å². The molecule has 4 heterocycles. The van der Waals surface area contributed by atoms with Gasteiger partial charge in [-0.3, -0.25) is 4.90 Å². The number of halogens is 2. The van der Waals surface area contributed by atoms with E-state index in [9.17, 15) is 0 Å². The van der Waals surface area contributed by atoms with Gasteiger partial charge in [-0.1, -0.05) is 16.8 Å². The molecule has 1 N–H and O–H groups in total. The third kappa shape index (κ3) is 2.96. The van der Waals surface area contributed by atoms with Crippen molar-refractivity contribution in [1.82, 2.24) is 10.1 Å². The van der Waals surface area contributed by atoms with Gasteiger partial charge in [0.05, 0.1) is 17.0 Å². The molecule has 3 saturated heterocycles. The maximum atomic E-state index is 6.24. The minimum absolute atomic E-state index is 0.